The Kier molecular flexibility index (Phi) is 3.98. The molecule has 0 spiro atoms. The van der Waals surface area contributed by atoms with Gasteiger partial charge in [0.15, 0.2) is 0 Å². The number of carbonyl (C=O) groups excluding carboxylic acids is 1. The van der Waals surface area contributed by atoms with E-state index in [4.69, 9.17) is 4.84 Å². The number of fused-ring (bicyclic) bond motifs is 1. The van der Waals surface area contributed by atoms with E-state index in [0.29, 0.717) is 12.1 Å². The summed E-state index contributed by atoms with van der Waals surface area (Å²) < 4.78 is 1.93. The number of benzene rings is 1. The molecule has 0 unspecified atom stereocenters. The number of hydroxylamine groups is 2. The number of aromatic nitrogens is 2. The lowest BCUT2D eigenvalue weighted by Gasteiger charge is -2.32. The van der Waals surface area contributed by atoms with Crippen molar-refractivity contribution < 1.29 is 9.63 Å². The van der Waals surface area contributed by atoms with Crippen molar-refractivity contribution in [2.45, 2.75) is 12.6 Å². The first-order chi connectivity index (χ1) is 11.8. The average Bonchev–Trinajstić information content (AvgIpc) is 3.05. The fourth-order valence-electron chi connectivity index (χ4n) is 2.61. The summed E-state index contributed by atoms with van der Waals surface area (Å²) in [5.41, 5.74) is 2.45. The zero-order valence-electron chi connectivity index (χ0n) is 13.1. The van der Waals surface area contributed by atoms with Crippen LogP contribution < -0.4 is 5.32 Å². The van der Waals surface area contributed by atoms with Crippen LogP contribution in [0.2, 0.25) is 0 Å². The van der Waals surface area contributed by atoms with Crippen LogP contribution in [0.15, 0.2) is 61.1 Å². The van der Waals surface area contributed by atoms with Crippen molar-refractivity contribution in [2.24, 2.45) is 0 Å². The summed E-state index contributed by atoms with van der Waals surface area (Å²) >= 11 is 0. The lowest BCUT2D eigenvalue weighted by molar-refractivity contribution is -0.181. The summed E-state index contributed by atoms with van der Waals surface area (Å²) in [5.74, 6) is -0.134. The lowest BCUT2D eigenvalue weighted by atomic mass is 10.2. The second-order valence-corrected chi connectivity index (χ2v) is 5.82. The number of amides is 1. The predicted molar refractivity (Wildman–Crippen MR) is 89.3 cm³/mol. The molecule has 1 aromatic carbocycles. The van der Waals surface area contributed by atoms with Crippen molar-refractivity contribution >= 4 is 11.6 Å². The Morgan fingerprint density at radius 1 is 1.25 bits per heavy atom. The summed E-state index contributed by atoms with van der Waals surface area (Å²) in [7, 11) is 0. The van der Waals surface area contributed by atoms with Gasteiger partial charge in [-0.05, 0) is 29.8 Å². The maximum atomic E-state index is 12.8. The zero-order valence-corrected chi connectivity index (χ0v) is 13.1. The molecule has 6 nitrogen and oxygen atoms in total. The van der Waals surface area contributed by atoms with Crippen molar-refractivity contribution in [3.63, 3.8) is 0 Å². The number of carbonyl (C=O) groups is 1. The first-order valence-electron chi connectivity index (χ1n) is 7.95. The van der Waals surface area contributed by atoms with Crippen LogP contribution in [0.1, 0.15) is 15.9 Å². The molecule has 0 aliphatic carbocycles. The van der Waals surface area contributed by atoms with Crippen molar-refractivity contribution in [3.05, 3.63) is 72.2 Å². The molecule has 24 heavy (non-hydrogen) atoms. The molecule has 122 valence electrons. The van der Waals surface area contributed by atoms with Crippen LogP contribution in [0.4, 0.5) is 0 Å². The van der Waals surface area contributed by atoms with Crippen molar-refractivity contribution in [2.75, 3.05) is 13.1 Å². The van der Waals surface area contributed by atoms with E-state index in [-0.39, 0.29) is 12.0 Å². The Bertz CT molecular complexity index is 842. The smallest absolute Gasteiger partial charge is 0.277 e. The van der Waals surface area contributed by atoms with Crippen LogP contribution in [-0.2, 0) is 11.4 Å². The van der Waals surface area contributed by atoms with Crippen molar-refractivity contribution in [1.82, 2.24) is 19.8 Å². The van der Waals surface area contributed by atoms with Gasteiger partial charge in [-0.3, -0.25) is 9.63 Å². The second kappa shape index (κ2) is 6.43. The van der Waals surface area contributed by atoms with Crippen LogP contribution in [0, 0.1) is 0 Å². The predicted octanol–water partition coefficient (Wildman–Crippen LogP) is 1.88. The van der Waals surface area contributed by atoms with Gasteiger partial charge in [0.05, 0.1) is 6.54 Å². The summed E-state index contributed by atoms with van der Waals surface area (Å²) in [6.45, 7) is 1.91. The third kappa shape index (κ3) is 3.02. The molecule has 1 saturated heterocycles. The van der Waals surface area contributed by atoms with Crippen LogP contribution >= 0.6 is 0 Å². The van der Waals surface area contributed by atoms with E-state index in [1.54, 1.807) is 18.3 Å². The van der Waals surface area contributed by atoms with Gasteiger partial charge in [0.2, 0.25) is 0 Å². The minimum Gasteiger partial charge on any atom is -0.311 e. The molecule has 3 heterocycles. The summed E-state index contributed by atoms with van der Waals surface area (Å²) in [6, 6.07) is 13.1. The third-order valence-corrected chi connectivity index (χ3v) is 4.06. The quantitative estimate of drug-likeness (QED) is 0.729. The Morgan fingerprint density at radius 3 is 2.83 bits per heavy atom. The maximum Gasteiger partial charge on any atom is 0.277 e. The second-order valence-electron chi connectivity index (χ2n) is 5.82. The Morgan fingerprint density at radius 2 is 2.08 bits per heavy atom. The monoisotopic (exact) mass is 322 g/mol. The van der Waals surface area contributed by atoms with Gasteiger partial charge < -0.3 is 9.72 Å². The van der Waals surface area contributed by atoms with Crippen LogP contribution in [0.25, 0.3) is 5.65 Å². The molecular formula is C18H18N4O2. The van der Waals surface area contributed by atoms with E-state index in [1.807, 2.05) is 47.1 Å². The number of nitrogens with zero attached hydrogens (tertiary/aromatic N) is 3. The molecular weight excluding hydrogens is 304 g/mol. The summed E-state index contributed by atoms with van der Waals surface area (Å²) in [6.07, 6.45) is 5.62. The Hall–Kier alpha value is -2.70. The zero-order chi connectivity index (χ0) is 16.4. The van der Waals surface area contributed by atoms with Gasteiger partial charge in [0, 0.05) is 37.2 Å². The number of rotatable bonds is 5. The van der Waals surface area contributed by atoms with Crippen molar-refractivity contribution in [3.8, 4) is 0 Å². The fourth-order valence-corrected chi connectivity index (χ4v) is 2.61. The Balaban J connectivity index is 1.58. The standard InChI is InChI=1S/C18H18N4O2/c23-18(15-4-2-1-3-5-15)22(24-16-11-19-12-16)13-14-6-8-21-9-7-20-17(21)10-14/h1-10,16,19H,11-13H2. The number of hydrogen-bond donors (Lipinski definition) is 1. The average molecular weight is 322 g/mol. The van der Waals surface area contributed by atoms with E-state index in [2.05, 4.69) is 10.3 Å². The SMILES string of the molecule is O=C(c1ccccc1)N(Cc1ccn2ccnc2c1)OC1CNC1. The van der Waals surface area contributed by atoms with E-state index in [1.165, 1.54) is 5.06 Å². The van der Waals surface area contributed by atoms with E-state index in [0.717, 1.165) is 24.3 Å². The number of imidazole rings is 1. The normalized spacial score (nSPS) is 14.5. The Labute approximate surface area is 139 Å². The van der Waals surface area contributed by atoms with Gasteiger partial charge in [-0.1, -0.05) is 18.2 Å². The molecule has 0 bridgehead atoms. The molecule has 1 fully saturated rings. The van der Waals surface area contributed by atoms with E-state index < -0.39 is 0 Å². The van der Waals surface area contributed by atoms with Gasteiger partial charge in [-0.15, -0.1) is 0 Å². The number of nitrogens with one attached hydrogen (secondary N) is 1. The topological polar surface area (TPSA) is 58.9 Å². The van der Waals surface area contributed by atoms with Crippen LogP contribution in [-0.4, -0.2) is 39.5 Å². The van der Waals surface area contributed by atoms with Gasteiger partial charge in [-0.25, -0.2) is 10.0 Å². The molecule has 0 radical (unpaired) electrons. The lowest BCUT2D eigenvalue weighted by Crippen LogP contribution is -2.52. The third-order valence-electron chi connectivity index (χ3n) is 4.06. The fraction of sp³-hybridized carbons (Fsp3) is 0.222. The molecule has 0 saturated carbocycles. The minimum atomic E-state index is -0.134. The van der Waals surface area contributed by atoms with Gasteiger partial charge in [0.1, 0.15) is 11.8 Å². The first-order valence-corrected chi connectivity index (χ1v) is 7.95. The minimum absolute atomic E-state index is 0.0350. The summed E-state index contributed by atoms with van der Waals surface area (Å²) in [4.78, 5) is 23.0. The molecule has 3 aromatic rings. The molecule has 2 aromatic heterocycles. The summed E-state index contributed by atoms with van der Waals surface area (Å²) in [5, 5.41) is 4.61. The van der Waals surface area contributed by atoms with E-state index >= 15 is 0 Å². The molecule has 1 aliphatic rings. The largest absolute Gasteiger partial charge is 0.311 e. The van der Waals surface area contributed by atoms with Crippen LogP contribution in [0.5, 0.6) is 0 Å². The number of hydrogen-bond acceptors (Lipinski definition) is 4. The highest BCUT2D eigenvalue weighted by atomic mass is 16.7. The van der Waals surface area contributed by atoms with Crippen molar-refractivity contribution in [1.29, 1.82) is 0 Å². The molecule has 6 heteroatoms. The molecule has 0 atom stereocenters. The first kappa shape index (κ1) is 14.9. The molecule has 1 aliphatic heterocycles. The molecule has 1 amide bonds. The van der Waals surface area contributed by atoms with Gasteiger partial charge in [-0.2, -0.15) is 0 Å². The highest BCUT2D eigenvalue weighted by Crippen LogP contribution is 2.15. The molecule has 1 N–H and O–H groups in total. The maximum absolute atomic E-state index is 12.8. The highest BCUT2D eigenvalue weighted by Gasteiger charge is 2.25. The van der Waals surface area contributed by atoms with Gasteiger partial charge >= 0.3 is 0 Å². The van der Waals surface area contributed by atoms with E-state index in [9.17, 15) is 4.79 Å². The number of pyridine rings is 1. The highest BCUT2D eigenvalue weighted by molar-refractivity contribution is 5.93. The van der Waals surface area contributed by atoms with Gasteiger partial charge in [0.25, 0.3) is 5.91 Å². The van der Waals surface area contributed by atoms with Crippen LogP contribution in [0.3, 0.4) is 0 Å². The molecule has 4 rings (SSSR count).